The number of cyclic esters (lactones) is 1. The quantitative estimate of drug-likeness (QED) is 0.519. The summed E-state index contributed by atoms with van der Waals surface area (Å²) in [4.78, 5) is 24.3. The molecular weight excluding hydrogens is 334 g/mol. The van der Waals surface area contributed by atoms with Gasteiger partial charge in [0, 0.05) is 6.42 Å². The Kier molecular flexibility index (Phi) is 4.63. The van der Waals surface area contributed by atoms with Gasteiger partial charge >= 0.3 is 5.97 Å². The second-order valence-corrected chi connectivity index (χ2v) is 7.54. The number of thioether (sulfide) groups is 1. The van der Waals surface area contributed by atoms with Crippen LogP contribution in [0.4, 0.5) is 5.13 Å². The average Bonchev–Trinajstić information content (AvgIpc) is 2.94. The van der Waals surface area contributed by atoms with Crippen LogP contribution in [0.15, 0.2) is 22.5 Å². The van der Waals surface area contributed by atoms with Gasteiger partial charge in [0.1, 0.15) is 0 Å². The highest BCUT2D eigenvalue weighted by atomic mass is 32.2. The molecule has 0 saturated carbocycles. The second kappa shape index (κ2) is 6.67. The van der Waals surface area contributed by atoms with Crippen LogP contribution < -0.4 is 5.32 Å². The van der Waals surface area contributed by atoms with Crippen LogP contribution in [0, 0.1) is 6.92 Å². The average molecular weight is 349 g/mol. The molecule has 0 fully saturated rings. The van der Waals surface area contributed by atoms with Crippen LogP contribution in [0.3, 0.4) is 0 Å². The fourth-order valence-electron chi connectivity index (χ4n) is 2.30. The number of carbonyl (C=O) groups excluding carboxylic acids is 2. The first kappa shape index (κ1) is 15.9. The molecule has 0 bridgehead atoms. The second-order valence-electron chi connectivity index (χ2n) is 5.05. The van der Waals surface area contributed by atoms with Crippen molar-refractivity contribution in [2.75, 3.05) is 11.1 Å². The van der Waals surface area contributed by atoms with E-state index in [-0.39, 0.29) is 5.91 Å². The molecule has 23 heavy (non-hydrogen) atoms. The van der Waals surface area contributed by atoms with Crippen LogP contribution >= 0.6 is 23.1 Å². The van der Waals surface area contributed by atoms with Crippen molar-refractivity contribution in [2.45, 2.75) is 30.7 Å². The summed E-state index contributed by atoms with van der Waals surface area (Å²) in [5, 5.41) is 11.0. The van der Waals surface area contributed by atoms with Crippen molar-refractivity contribution in [3.63, 3.8) is 0 Å². The number of fused-ring (bicyclic) bond motifs is 1. The van der Waals surface area contributed by atoms with E-state index < -0.39 is 12.1 Å². The number of anilines is 1. The van der Waals surface area contributed by atoms with E-state index in [1.807, 2.05) is 26.0 Å². The third kappa shape index (κ3) is 3.53. The van der Waals surface area contributed by atoms with Gasteiger partial charge < -0.3 is 4.74 Å². The molecule has 1 aliphatic heterocycles. The number of amides is 1. The van der Waals surface area contributed by atoms with Gasteiger partial charge in [-0.15, -0.1) is 10.2 Å². The Labute approximate surface area is 141 Å². The smallest absolute Gasteiger partial charge is 0.339 e. The molecule has 0 aliphatic carbocycles. The molecule has 1 N–H and O–H groups in total. The van der Waals surface area contributed by atoms with Crippen LogP contribution in [0.5, 0.6) is 0 Å². The molecule has 6 nitrogen and oxygen atoms in total. The minimum absolute atomic E-state index is 0.365. The standard InChI is InChI=1S/C15H15N3O3S2/c1-3-22-15-18-17-14(23-15)16-12(19)11-7-9-6-8(2)4-5-10(9)13(20)21-11/h4-6,11H,3,7H2,1-2H3,(H,16,17,19). The molecule has 2 aromatic rings. The molecule has 120 valence electrons. The summed E-state index contributed by atoms with van der Waals surface area (Å²) in [7, 11) is 0. The minimum Gasteiger partial charge on any atom is -0.448 e. The summed E-state index contributed by atoms with van der Waals surface area (Å²) >= 11 is 2.87. The zero-order valence-electron chi connectivity index (χ0n) is 12.7. The van der Waals surface area contributed by atoms with Crippen LogP contribution in [-0.4, -0.2) is 33.9 Å². The summed E-state index contributed by atoms with van der Waals surface area (Å²) in [5.74, 6) is 0.0412. The van der Waals surface area contributed by atoms with E-state index in [1.165, 1.54) is 11.3 Å². The highest BCUT2D eigenvalue weighted by molar-refractivity contribution is 8.01. The highest BCUT2D eigenvalue weighted by Gasteiger charge is 2.31. The number of aryl methyl sites for hydroxylation is 1. The van der Waals surface area contributed by atoms with Crippen LogP contribution in [0.1, 0.15) is 28.4 Å². The number of nitrogens with zero attached hydrogens (tertiary/aromatic N) is 2. The third-order valence-electron chi connectivity index (χ3n) is 3.33. The number of ether oxygens (including phenoxy) is 1. The van der Waals surface area contributed by atoms with E-state index in [1.54, 1.807) is 17.8 Å². The first-order valence-electron chi connectivity index (χ1n) is 7.14. The van der Waals surface area contributed by atoms with Gasteiger partial charge in [-0.05, 0) is 24.3 Å². The number of benzene rings is 1. The number of hydrogen-bond acceptors (Lipinski definition) is 7. The van der Waals surface area contributed by atoms with Gasteiger partial charge in [0.05, 0.1) is 5.56 Å². The monoisotopic (exact) mass is 349 g/mol. The molecular formula is C15H15N3O3S2. The van der Waals surface area contributed by atoms with Crippen molar-refractivity contribution in [2.24, 2.45) is 0 Å². The molecule has 1 atom stereocenters. The molecule has 1 unspecified atom stereocenters. The van der Waals surface area contributed by atoms with E-state index in [0.717, 1.165) is 21.2 Å². The number of carbonyl (C=O) groups is 2. The Morgan fingerprint density at radius 1 is 1.48 bits per heavy atom. The Morgan fingerprint density at radius 2 is 2.30 bits per heavy atom. The molecule has 1 aliphatic rings. The minimum atomic E-state index is -0.844. The van der Waals surface area contributed by atoms with Gasteiger partial charge in [0.2, 0.25) is 5.13 Å². The van der Waals surface area contributed by atoms with E-state index in [0.29, 0.717) is 17.1 Å². The van der Waals surface area contributed by atoms with E-state index in [9.17, 15) is 9.59 Å². The number of aromatic nitrogens is 2. The van der Waals surface area contributed by atoms with Crippen molar-refractivity contribution >= 4 is 40.1 Å². The number of esters is 1. The van der Waals surface area contributed by atoms with Gasteiger partial charge in [-0.2, -0.15) is 0 Å². The maximum atomic E-state index is 12.3. The number of nitrogens with one attached hydrogen (secondary N) is 1. The largest absolute Gasteiger partial charge is 0.448 e. The molecule has 2 heterocycles. The predicted molar refractivity (Wildman–Crippen MR) is 89.0 cm³/mol. The lowest BCUT2D eigenvalue weighted by Gasteiger charge is -2.23. The van der Waals surface area contributed by atoms with Crippen molar-refractivity contribution in [1.29, 1.82) is 0 Å². The SMILES string of the molecule is CCSc1nnc(NC(=O)C2Cc3cc(C)ccc3C(=O)O2)s1. The zero-order valence-corrected chi connectivity index (χ0v) is 14.3. The Hall–Kier alpha value is -1.93. The molecule has 3 rings (SSSR count). The van der Waals surface area contributed by atoms with Crippen molar-refractivity contribution in [1.82, 2.24) is 10.2 Å². The number of rotatable bonds is 4. The molecule has 8 heteroatoms. The van der Waals surface area contributed by atoms with Crippen LogP contribution in [0.25, 0.3) is 0 Å². The summed E-state index contributed by atoms with van der Waals surface area (Å²) < 4.78 is 6.04. The molecule has 1 aromatic heterocycles. The lowest BCUT2D eigenvalue weighted by Crippen LogP contribution is -2.38. The number of hydrogen-bond donors (Lipinski definition) is 1. The maximum Gasteiger partial charge on any atom is 0.339 e. The Balaban J connectivity index is 1.72. The Morgan fingerprint density at radius 3 is 3.09 bits per heavy atom. The lowest BCUT2D eigenvalue weighted by atomic mass is 9.96. The summed E-state index contributed by atoms with van der Waals surface area (Å²) in [6.45, 7) is 3.97. The van der Waals surface area contributed by atoms with Crippen LogP contribution in [-0.2, 0) is 16.0 Å². The normalized spacial score (nSPS) is 16.6. The lowest BCUT2D eigenvalue weighted by molar-refractivity contribution is -0.125. The molecule has 0 spiro atoms. The molecule has 0 radical (unpaired) electrons. The fourth-order valence-corrected chi connectivity index (χ4v) is 3.95. The summed E-state index contributed by atoms with van der Waals surface area (Å²) in [6.07, 6.45) is -0.479. The first-order chi connectivity index (χ1) is 11.1. The predicted octanol–water partition coefficient (Wildman–Crippen LogP) is 2.68. The molecule has 1 amide bonds. The highest BCUT2D eigenvalue weighted by Crippen LogP contribution is 2.26. The summed E-state index contributed by atoms with van der Waals surface area (Å²) in [6, 6.07) is 5.51. The van der Waals surface area contributed by atoms with Gasteiger partial charge in [-0.25, -0.2) is 4.79 Å². The van der Waals surface area contributed by atoms with Crippen LogP contribution in [0.2, 0.25) is 0 Å². The Bertz CT molecular complexity index is 760. The van der Waals surface area contributed by atoms with Gasteiger partial charge in [-0.1, -0.05) is 47.7 Å². The van der Waals surface area contributed by atoms with Crippen molar-refractivity contribution in [3.05, 3.63) is 34.9 Å². The van der Waals surface area contributed by atoms with Gasteiger partial charge in [0.15, 0.2) is 10.4 Å². The topological polar surface area (TPSA) is 81.2 Å². The molecule has 1 aromatic carbocycles. The van der Waals surface area contributed by atoms with Crippen molar-refractivity contribution in [3.8, 4) is 0 Å². The van der Waals surface area contributed by atoms with Gasteiger partial charge in [0.25, 0.3) is 5.91 Å². The van der Waals surface area contributed by atoms with Crippen molar-refractivity contribution < 1.29 is 14.3 Å². The maximum absolute atomic E-state index is 12.3. The first-order valence-corrected chi connectivity index (χ1v) is 8.94. The summed E-state index contributed by atoms with van der Waals surface area (Å²) in [5.41, 5.74) is 2.40. The van der Waals surface area contributed by atoms with E-state index in [4.69, 9.17) is 4.74 Å². The molecule has 0 saturated heterocycles. The zero-order chi connectivity index (χ0) is 16.4. The van der Waals surface area contributed by atoms with E-state index >= 15 is 0 Å². The van der Waals surface area contributed by atoms with E-state index in [2.05, 4.69) is 15.5 Å². The van der Waals surface area contributed by atoms with Gasteiger partial charge in [-0.3, -0.25) is 10.1 Å². The fraction of sp³-hybridized carbons (Fsp3) is 0.333. The third-order valence-corrected chi connectivity index (χ3v) is 5.19.